The topological polar surface area (TPSA) is 181 Å². The van der Waals surface area contributed by atoms with Crippen molar-refractivity contribution in [3.05, 3.63) is 16.7 Å². The number of amides is 1. The van der Waals surface area contributed by atoms with E-state index in [9.17, 15) is 18.0 Å². The number of rotatable bonds is 6. The number of H-pyrrole nitrogens is 1. The number of hydrogen-bond acceptors (Lipinski definition) is 10. The standard InChI is InChI=1S/C15H22N6O7S/c1-6(2)27-8-9(13(23)20-29(4,24)25)28-14(10(8)26-3)21-5-17-7-11(21)18-15(16)19-12(7)22/h5-6,8-10,14H,1-4H3,(H,20,23)(H3,16,18,19,22)/t8-,9+,10-,14?/m1/s1. The summed E-state index contributed by atoms with van der Waals surface area (Å²) in [4.78, 5) is 35.0. The summed E-state index contributed by atoms with van der Waals surface area (Å²) >= 11 is 0. The van der Waals surface area contributed by atoms with Gasteiger partial charge in [-0.05, 0) is 13.8 Å². The summed E-state index contributed by atoms with van der Waals surface area (Å²) in [5.74, 6) is -1.03. The maximum absolute atomic E-state index is 12.5. The van der Waals surface area contributed by atoms with Gasteiger partial charge in [-0.15, -0.1) is 0 Å². The highest BCUT2D eigenvalue weighted by atomic mass is 32.2. The van der Waals surface area contributed by atoms with Crippen molar-refractivity contribution < 1.29 is 27.4 Å². The molecule has 1 aliphatic heterocycles. The number of anilines is 1. The Bertz CT molecular complexity index is 1080. The molecule has 160 valence electrons. The molecule has 1 saturated heterocycles. The van der Waals surface area contributed by atoms with Gasteiger partial charge in [-0.1, -0.05) is 0 Å². The lowest BCUT2D eigenvalue weighted by atomic mass is 10.1. The van der Waals surface area contributed by atoms with Crippen LogP contribution in [0.2, 0.25) is 0 Å². The second kappa shape index (κ2) is 7.70. The Morgan fingerprint density at radius 3 is 2.69 bits per heavy atom. The van der Waals surface area contributed by atoms with Gasteiger partial charge in [0.25, 0.3) is 11.5 Å². The molecule has 1 aliphatic rings. The van der Waals surface area contributed by atoms with Gasteiger partial charge in [0.2, 0.25) is 16.0 Å². The minimum Gasteiger partial charge on any atom is -0.374 e. The number of hydrogen-bond donors (Lipinski definition) is 3. The lowest BCUT2D eigenvalue weighted by molar-refractivity contribution is -0.139. The van der Waals surface area contributed by atoms with Crippen LogP contribution < -0.4 is 16.0 Å². The highest BCUT2D eigenvalue weighted by molar-refractivity contribution is 7.89. The number of fused-ring (bicyclic) bond motifs is 1. The molecule has 2 aromatic rings. The number of carbonyl (C=O) groups excluding carboxylic acids is 1. The van der Waals surface area contributed by atoms with Gasteiger partial charge in [-0.25, -0.2) is 13.4 Å². The van der Waals surface area contributed by atoms with Crippen molar-refractivity contribution in [1.29, 1.82) is 0 Å². The Balaban J connectivity index is 2.05. The smallest absolute Gasteiger partial charge is 0.280 e. The minimum atomic E-state index is -3.82. The summed E-state index contributed by atoms with van der Waals surface area (Å²) in [7, 11) is -2.43. The predicted molar refractivity (Wildman–Crippen MR) is 100 cm³/mol. The summed E-state index contributed by atoms with van der Waals surface area (Å²) in [6.45, 7) is 3.50. The third-order valence-corrected chi connectivity index (χ3v) is 4.73. The number of imidazole rings is 1. The largest absolute Gasteiger partial charge is 0.374 e. The van der Waals surface area contributed by atoms with E-state index in [0.717, 1.165) is 6.26 Å². The average molecular weight is 430 g/mol. The Morgan fingerprint density at radius 1 is 1.41 bits per heavy atom. The first-order valence-electron chi connectivity index (χ1n) is 8.59. The molecule has 0 spiro atoms. The minimum absolute atomic E-state index is 0.0167. The molecule has 0 aliphatic carbocycles. The third-order valence-electron chi connectivity index (χ3n) is 4.16. The quantitative estimate of drug-likeness (QED) is 0.487. The molecule has 3 heterocycles. The van der Waals surface area contributed by atoms with Gasteiger partial charge in [0, 0.05) is 7.11 Å². The molecule has 0 bridgehead atoms. The molecule has 1 unspecified atom stereocenters. The molecule has 29 heavy (non-hydrogen) atoms. The van der Waals surface area contributed by atoms with Gasteiger partial charge in [0.15, 0.2) is 23.5 Å². The highest BCUT2D eigenvalue weighted by Crippen LogP contribution is 2.35. The Kier molecular flexibility index (Phi) is 5.62. The van der Waals surface area contributed by atoms with E-state index in [-0.39, 0.29) is 23.2 Å². The van der Waals surface area contributed by atoms with E-state index >= 15 is 0 Å². The van der Waals surface area contributed by atoms with Gasteiger partial charge < -0.3 is 19.9 Å². The molecule has 0 aromatic carbocycles. The second-order valence-corrected chi connectivity index (χ2v) is 8.56. The summed E-state index contributed by atoms with van der Waals surface area (Å²) in [5, 5.41) is 0. The van der Waals surface area contributed by atoms with Crippen LogP contribution in [0.3, 0.4) is 0 Å². The van der Waals surface area contributed by atoms with Gasteiger partial charge in [-0.3, -0.25) is 23.9 Å². The molecule has 1 amide bonds. The SMILES string of the molecule is CO[C@H]1C(n2cnc3c(=O)[nH]c(N)nc32)O[C@H](C(=O)NS(C)(=O)=O)[C@H]1OC(C)C. The van der Waals surface area contributed by atoms with Crippen molar-refractivity contribution in [2.75, 3.05) is 19.1 Å². The highest BCUT2D eigenvalue weighted by Gasteiger charge is 2.51. The second-order valence-electron chi connectivity index (χ2n) is 6.81. The number of carbonyl (C=O) groups is 1. The van der Waals surface area contributed by atoms with Gasteiger partial charge in [-0.2, -0.15) is 4.98 Å². The van der Waals surface area contributed by atoms with E-state index in [2.05, 4.69) is 15.0 Å². The normalized spacial score (nSPS) is 25.0. The van der Waals surface area contributed by atoms with E-state index < -0.39 is 46.0 Å². The monoisotopic (exact) mass is 430 g/mol. The van der Waals surface area contributed by atoms with Crippen LogP contribution in [-0.2, 0) is 29.0 Å². The Hall–Kier alpha value is -2.55. The fourth-order valence-corrected chi connectivity index (χ4v) is 3.64. The van der Waals surface area contributed by atoms with E-state index in [1.807, 2.05) is 4.72 Å². The average Bonchev–Trinajstić information content (AvgIpc) is 3.13. The van der Waals surface area contributed by atoms with Crippen molar-refractivity contribution in [2.24, 2.45) is 0 Å². The van der Waals surface area contributed by atoms with E-state index in [1.165, 1.54) is 18.0 Å². The maximum Gasteiger partial charge on any atom is 0.280 e. The molecule has 3 rings (SSSR count). The van der Waals surface area contributed by atoms with Crippen LogP contribution in [0.5, 0.6) is 0 Å². The molecule has 2 aromatic heterocycles. The molecule has 14 heteroatoms. The molecule has 1 fully saturated rings. The first-order chi connectivity index (χ1) is 13.5. The van der Waals surface area contributed by atoms with Crippen LogP contribution in [0.15, 0.2) is 11.1 Å². The van der Waals surface area contributed by atoms with E-state index in [4.69, 9.17) is 19.9 Å². The number of aromatic nitrogens is 4. The molecule has 0 saturated carbocycles. The molecule has 4 atom stereocenters. The van der Waals surface area contributed by atoms with Gasteiger partial charge >= 0.3 is 0 Å². The van der Waals surface area contributed by atoms with Crippen LogP contribution in [0, 0.1) is 0 Å². The molecule has 0 radical (unpaired) electrons. The van der Waals surface area contributed by atoms with Crippen LogP contribution in [-0.4, -0.2) is 71.6 Å². The third kappa shape index (κ3) is 4.24. The molecular formula is C15H22N6O7S. The number of nitrogens with zero attached hydrogens (tertiary/aromatic N) is 3. The van der Waals surface area contributed by atoms with Crippen LogP contribution >= 0.6 is 0 Å². The van der Waals surface area contributed by atoms with Crippen LogP contribution in [0.4, 0.5) is 5.95 Å². The fourth-order valence-electron chi connectivity index (χ4n) is 3.16. The van der Waals surface area contributed by atoms with Crippen molar-refractivity contribution in [3.63, 3.8) is 0 Å². The van der Waals surface area contributed by atoms with Crippen molar-refractivity contribution in [2.45, 2.75) is 44.5 Å². The first kappa shape index (κ1) is 21.2. The molecule has 13 nitrogen and oxygen atoms in total. The Labute approximate surface area is 165 Å². The number of sulfonamides is 1. The number of nitrogen functional groups attached to an aromatic ring is 1. The fraction of sp³-hybridized carbons (Fsp3) is 0.600. The maximum atomic E-state index is 12.5. The van der Waals surface area contributed by atoms with Crippen LogP contribution in [0.1, 0.15) is 20.1 Å². The zero-order valence-electron chi connectivity index (χ0n) is 16.1. The van der Waals surface area contributed by atoms with Gasteiger partial charge in [0.05, 0.1) is 18.7 Å². The lowest BCUT2D eigenvalue weighted by Crippen LogP contribution is -2.47. The summed E-state index contributed by atoms with van der Waals surface area (Å²) in [5.41, 5.74) is 5.21. The zero-order valence-corrected chi connectivity index (χ0v) is 17.0. The molecular weight excluding hydrogens is 408 g/mol. The number of ether oxygens (including phenoxy) is 3. The zero-order chi connectivity index (χ0) is 21.5. The summed E-state index contributed by atoms with van der Waals surface area (Å²) in [6.07, 6.45) is -2.24. The number of nitrogens with one attached hydrogen (secondary N) is 2. The van der Waals surface area contributed by atoms with E-state index in [1.54, 1.807) is 13.8 Å². The Morgan fingerprint density at radius 2 is 2.10 bits per heavy atom. The summed E-state index contributed by atoms with van der Waals surface area (Å²) < 4.78 is 43.4. The van der Waals surface area contributed by atoms with Crippen molar-refractivity contribution in [1.82, 2.24) is 24.2 Å². The van der Waals surface area contributed by atoms with Gasteiger partial charge in [0.1, 0.15) is 12.2 Å². The lowest BCUT2D eigenvalue weighted by Gasteiger charge is -2.25. The predicted octanol–water partition coefficient (Wildman–Crippen LogP) is -1.52. The van der Waals surface area contributed by atoms with Crippen LogP contribution in [0.25, 0.3) is 11.2 Å². The summed E-state index contributed by atoms with van der Waals surface area (Å²) in [6, 6.07) is 0. The number of nitrogens with two attached hydrogens (primary N) is 1. The first-order valence-corrected chi connectivity index (χ1v) is 10.5. The van der Waals surface area contributed by atoms with Crippen molar-refractivity contribution >= 4 is 33.0 Å². The van der Waals surface area contributed by atoms with Crippen molar-refractivity contribution in [3.8, 4) is 0 Å². The number of methoxy groups -OCH3 is 1. The van der Waals surface area contributed by atoms with E-state index in [0.29, 0.717) is 0 Å². The number of aromatic amines is 1. The molecule has 4 N–H and O–H groups in total.